The summed E-state index contributed by atoms with van der Waals surface area (Å²) < 4.78 is 5.14. The van der Waals surface area contributed by atoms with Gasteiger partial charge in [-0.3, -0.25) is 0 Å². The lowest BCUT2D eigenvalue weighted by atomic mass is 9.36. The Balaban J connectivity index is 1.27. The number of thiophene rings is 1. The third kappa shape index (κ3) is 8.39. The zero-order valence-corrected chi connectivity index (χ0v) is 50.1. The number of rotatable bonds is 5. The zero-order valence-electron chi connectivity index (χ0n) is 49.3. The van der Waals surface area contributed by atoms with Crippen LogP contribution in [0.4, 0.5) is 51.2 Å². The van der Waals surface area contributed by atoms with E-state index in [-0.39, 0.29) is 33.8 Å². The van der Waals surface area contributed by atoms with Gasteiger partial charge in [0, 0.05) is 72.3 Å². The van der Waals surface area contributed by atoms with Gasteiger partial charge in [0.25, 0.3) is 6.71 Å². The summed E-state index contributed by atoms with van der Waals surface area (Å²) in [5.74, 6) is 0. The van der Waals surface area contributed by atoms with Crippen LogP contribution in [0, 0.1) is 6.92 Å². The average Bonchev–Trinajstić information content (AvgIpc) is 2.84. The van der Waals surface area contributed by atoms with Crippen molar-refractivity contribution in [1.82, 2.24) is 4.57 Å². The van der Waals surface area contributed by atoms with Crippen molar-refractivity contribution in [3.05, 3.63) is 191 Å². The van der Waals surface area contributed by atoms with Crippen molar-refractivity contribution in [2.45, 2.75) is 138 Å². The quantitative estimate of drug-likeness (QED) is 0.160. The van der Waals surface area contributed by atoms with Crippen molar-refractivity contribution < 1.29 is 0 Å². The Morgan fingerprint density at radius 1 is 0.436 bits per heavy atom. The van der Waals surface area contributed by atoms with Gasteiger partial charge in [0.1, 0.15) is 0 Å². The van der Waals surface area contributed by atoms with E-state index in [0.717, 1.165) is 17.1 Å². The third-order valence-corrected chi connectivity index (χ3v) is 18.2. The SMILES string of the molecule is Cc1cc2c3c(c1)N(c1ccc(C(C)(C)C)cc1)c1c(sc4ccc(C(C)(C)C)cc14)B3c1cc3c(c(N(c4ccc(C(C)(C)C)cc4)c4ccc(C(C)(C)C)cc4)c1N2c1ccc(C(C)(C)C)cc1)c1ccccc1n3C. The van der Waals surface area contributed by atoms with Crippen molar-refractivity contribution in [2.75, 3.05) is 14.7 Å². The minimum atomic E-state index is -0.0965. The average molecular weight is 1040 g/mol. The second-order valence-corrected chi connectivity index (χ2v) is 28.8. The fourth-order valence-electron chi connectivity index (χ4n) is 12.5. The standard InChI is InChI=1S/C72H77BN4S/c1-44-40-59-63-60(41-44)77(53-37-28-48(29-38-53)71(11,12)13)65-56(73(63)67-64(55-42-49(72(14,15)16)30-39-61(55)78-67)76(59)52-35-26-47(27-36-52)70(8,9)10)43-58-62(54-20-18-19-21-57(54)74(58)17)66(65)75(50-31-22-45(23-32-50)68(2,3)4)51-33-24-46(25-34-51)69(5,6)7/h18-43H,1-17H3. The predicted molar refractivity (Wildman–Crippen MR) is 343 cm³/mol. The molecule has 2 aliphatic heterocycles. The minimum absolute atomic E-state index is 0.0130. The Morgan fingerprint density at radius 3 is 1.35 bits per heavy atom. The van der Waals surface area contributed by atoms with E-state index in [1.807, 2.05) is 11.3 Å². The van der Waals surface area contributed by atoms with Gasteiger partial charge in [-0.15, -0.1) is 11.3 Å². The lowest BCUT2D eigenvalue weighted by molar-refractivity contribution is 0.590. The van der Waals surface area contributed by atoms with E-state index in [1.165, 1.54) is 115 Å². The van der Waals surface area contributed by atoms with E-state index in [4.69, 9.17) is 0 Å². The van der Waals surface area contributed by atoms with Gasteiger partial charge in [-0.25, -0.2) is 0 Å². The smallest absolute Gasteiger partial charge is 0.264 e. The maximum atomic E-state index is 2.66. The molecule has 6 heteroatoms. The monoisotopic (exact) mass is 1040 g/mol. The van der Waals surface area contributed by atoms with Crippen molar-refractivity contribution >= 4 is 117 Å². The van der Waals surface area contributed by atoms with E-state index in [0.29, 0.717) is 0 Å². The van der Waals surface area contributed by atoms with Gasteiger partial charge in [0.15, 0.2) is 0 Å². The van der Waals surface area contributed by atoms with Gasteiger partial charge in [0.05, 0.1) is 22.6 Å². The Hall–Kier alpha value is -7.02. The van der Waals surface area contributed by atoms with Crippen molar-refractivity contribution in [3.8, 4) is 0 Å². The molecule has 0 amide bonds. The van der Waals surface area contributed by atoms with Crippen LogP contribution in [0.15, 0.2) is 158 Å². The normalized spacial score (nSPS) is 13.9. The highest BCUT2D eigenvalue weighted by molar-refractivity contribution is 7.33. The molecule has 4 nitrogen and oxygen atoms in total. The van der Waals surface area contributed by atoms with Gasteiger partial charge < -0.3 is 19.3 Å². The fourth-order valence-corrected chi connectivity index (χ4v) is 13.7. The summed E-state index contributed by atoms with van der Waals surface area (Å²) >= 11 is 1.98. The summed E-state index contributed by atoms with van der Waals surface area (Å²) in [4.78, 5) is 7.91. The number of para-hydroxylation sites is 1. The lowest BCUT2D eigenvalue weighted by Crippen LogP contribution is -2.60. The van der Waals surface area contributed by atoms with E-state index in [2.05, 4.69) is 295 Å². The second kappa shape index (κ2) is 17.7. The molecular weight excluding hydrogens is 964 g/mol. The van der Waals surface area contributed by atoms with Gasteiger partial charge in [-0.1, -0.05) is 177 Å². The molecule has 394 valence electrons. The molecule has 0 aliphatic carbocycles. The molecule has 0 spiro atoms. The van der Waals surface area contributed by atoms with E-state index in [9.17, 15) is 0 Å². The summed E-state index contributed by atoms with van der Waals surface area (Å²) in [7, 11) is 2.28. The summed E-state index contributed by atoms with van der Waals surface area (Å²) in [6.07, 6.45) is 0. The van der Waals surface area contributed by atoms with Crippen LogP contribution in [0.25, 0.3) is 31.9 Å². The van der Waals surface area contributed by atoms with Gasteiger partial charge in [-0.05, 0) is 163 Å². The molecule has 2 aromatic heterocycles. The van der Waals surface area contributed by atoms with Gasteiger partial charge in [0.2, 0.25) is 0 Å². The van der Waals surface area contributed by atoms with Crippen molar-refractivity contribution in [3.63, 3.8) is 0 Å². The summed E-state index contributed by atoms with van der Waals surface area (Å²) in [5.41, 5.74) is 23.5. The zero-order chi connectivity index (χ0) is 55.3. The topological polar surface area (TPSA) is 14.7 Å². The van der Waals surface area contributed by atoms with Crippen LogP contribution >= 0.6 is 11.3 Å². The highest BCUT2D eigenvalue weighted by Crippen LogP contribution is 2.55. The first-order valence-corrected chi connectivity index (χ1v) is 29.1. The third-order valence-electron chi connectivity index (χ3n) is 17.0. The lowest BCUT2D eigenvalue weighted by Gasteiger charge is -2.45. The number of fused-ring (bicyclic) bond motifs is 9. The molecule has 0 atom stereocenters. The van der Waals surface area contributed by atoms with Crippen LogP contribution in [0.2, 0.25) is 0 Å². The Morgan fingerprint density at radius 2 is 0.872 bits per heavy atom. The molecule has 0 unspecified atom stereocenters. The second-order valence-electron chi connectivity index (χ2n) is 27.8. The predicted octanol–water partition coefficient (Wildman–Crippen LogP) is 18.9. The minimum Gasteiger partial charge on any atom is -0.344 e. The molecular formula is C72H77BN4S. The maximum absolute atomic E-state index is 2.66. The molecule has 0 N–H and O–H groups in total. The molecule has 78 heavy (non-hydrogen) atoms. The summed E-state index contributed by atoms with van der Waals surface area (Å²) in [6.45, 7) is 37.0. The number of hydrogen-bond acceptors (Lipinski definition) is 4. The first-order valence-electron chi connectivity index (χ1n) is 28.3. The van der Waals surface area contributed by atoms with E-state index in [1.54, 1.807) is 0 Å². The highest BCUT2D eigenvalue weighted by atomic mass is 32.1. The molecule has 0 radical (unpaired) electrons. The Labute approximate surface area is 469 Å². The molecule has 12 rings (SSSR count). The molecule has 0 saturated carbocycles. The fraction of sp³-hybridized carbons (Fsp3) is 0.306. The van der Waals surface area contributed by atoms with Crippen LogP contribution in [-0.4, -0.2) is 11.3 Å². The number of hydrogen-bond donors (Lipinski definition) is 0. The molecule has 2 aliphatic rings. The number of benzene rings is 8. The molecule has 0 saturated heterocycles. The highest BCUT2D eigenvalue weighted by Gasteiger charge is 2.48. The van der Waals surface area contributed by atoms with Crippen LogP contribution in [0.1, 0.15) is 137 Å². The molecule has 0 bridgehead atoms. The first-order chi connectivity index (χ1) is 36.7. The molecule has 10 aromatic rings. The Bertz CT molecular complexity index is 3930. The largest absolute Gasteiger partial charge is 0.344 e. The molecule has 0 fully saturated rings. The molecule has 4 heterocycles. The summed E-state index contributed by atoms with van der Waals surface area (Å²) in [5, 5.41) is 3.78. The van der Waals surface area contributed by atoms with E-state index < -0.39 is 0 Å². The van der Waals surface area contributed by atoms with E-state index >= 15 is 0 Å². The number of nitrogens with zero attached hydrogens (tertiary/aromatic N) is 4. The number of anilines is 9. The summed E-state index contributed by atoms with van der Waals surface area (Å²) in [6, 6.07) is 61.8. The van der Waals surface area contributed by atoms with Crippen molar-refractivity contribution in [2.24, 2.45) is 7.05 Å². The molecule has 8 aromatic carbocycles. The van der Waals surface area contributed by atoms with Gasteiger partial charge in [-0.2, -0.15) is 0 Å². The number of aryl methyl sites for hydroxylation is 2. The number of aromatic nitrogens is 1. The van der Waals surface area contributed by atoms with Crippen LogP contribution in [0.3, 0.4) is 0 Å². The van der Waals surface area contributed by atoms with Crippen LogP contribution in [-0.2, 0) is 34.1 Å². The Kier molecular flexibility index (Phi) is 11.8. The van der Waals surface area contributed by atoms with Crippen LogP contribution < -0.4 is 30.4 Å². The maximum Gasteiger partial charge on any atom is 0.264 e. The van der Waals surface area contributed by atoms with Crippen molar-refractivity contribution in [1.29, 1.82) is 0 Å². The van der Waals surface area contributed by atoms with Gasteiger partial charge >= 0.3 is 0 Å². The first kappa shape index (κ1) is 51.7. The van der Waals surface area contributed by atoms with Crippen LogP contribution in [0.5, 0.6) is 0 Å².